The first-order chi connectivity index (χ1) is 10.8. The first kappa shape index (κ1) is 15.7. The van der Waals surface area contributed by atoms with Crippen LogP contribution in [-0.4, -0.2) is 21.4 Å². The zero-order valence-electron chi connectivity index (χ0n) is 12.1. The summed E-state index contributed by atoms with van der Waals surface area (Å²) < 4.78 is 51.6. The molecular weight excluding hydrogens is 312 g/mol. The lowest BCUT2D eigenvalue weighted by atomic mass is 10.1. The lowest BCUT2D eigenvalue weighted by molar-refractivity contribution is -0.137. The maximum absolute atomic E-state index is 13.9. The third kappa shape index (κ3) is 3.42. The van der Waals surface area contributed by atoms with E-state index >= 15 is 0 Å². The Morgan fingerprint density at radius 1 is 1.26 bits per heavy atom. The van der Waals surface area contributed by atoms with Crippen molar-refractivity contribution >= 4 is 5.95 Å². The second-order valence-electron chi connectivity index (χ2n) is 5.46. The summed E-state index contributed by atoms with van der Waals surface area (Å²) in [6, 6.07) is 2.63. The molecule has 4 nitrogen and oxygen atoms in total. The van der Waals surface area contributed by atoms with Crippen LogP contribution in [0.4, 0.5) is 23.5 Å². The van der Waals surface area contributed by atoms with Gasteiger partial charge in [-0.2, -0.15) is 13.2 Å². The van der Waals surface area contributed by atoms with Crippen molar-refractivity contribution in [3.63, 3.8) is 0 Å². The number of anilines is 1. The summed E-state index contributed by atoms with van der Waals surface area (Å²) in [7, 11) is 0. The van der Waals surface area contributed by atoms with Gasteiger partial charge in [-0.1, -0.05) is 6.07 Å². The minimum atomic E-state index is -4.54. The number of alkyl halides is 3. The number of halogens is 4. The van der Waals surface area contributed by atoms with E-state index in [1.807, 2.05) is 4.90 Å². The van der Waals surface area contributed by atoms with Crippen LogP contribution < -0.4 is 5.73 Å². The van der Waals surface area contributed by atoms with Crippen molar-refractivity contribution < 1.29 is 17.6 Å². The van der Waals surface area contributed by atoms with E-state index in [0.717, 1.165) is 17.3 Å². The number of nitrogens with two attached hydrogens (primary N) is 1. The number of hydrogen-bond acceptors (Lipinski definition) is 4. The van der Waals surface area contributed by atoms with E-state index in [9.17, 15) is 17.6 Å². The molecule has 0 spiro atoms. The van der Waals surface area contributed by atoms with Gasteiger partial charge in [0.1, 0.15) is 5.82 Å². The van der Waals surface area contributed by atoms with Crippen LogP contribution in [0.15, 0.2) is 24.4 Å². The van der Waals surface area contributed by atoms with E-state index in [4.69, 9.17) is 5.73 Å². The molecule has 23 heavy (non-hydrogen) atoms. The highest BCUT2D eigenvalue weighted by Gasteiger charge is 2.31. The summed E-state index contributed by atoms with van der Waals surface area (Å²) in [6.07, 6.45) is -2.27. The second-order valence-corrected chi connectivity index (χ2v) is 5.46. The Morgan fingerprint density at radius 2 is 2.04 bits per heavy atom. The Balaban J connectivity index is 1.75. The molecule has 2 aromatic rings. The van der Waals surface area contributed by atoms with E-state index in [1.165, 1.54) is 6.07 Å². The van der Waals surface area contributed by atoms with Gasteiger partial charge in [-0.3, -0.25) is 4.90 Å². The highest BCUT2D eigenvalue weighted by atomic mass is 19.4. The lowest BCUT2D eigenvalue weighted by Gasteiger charge is -2.28. The largest absolute Gasteiger partial charge is 0.416 e. The minimum Gasteiger partial charge on any atom is -0.368 e. The quantitative estimate of drug-likeness (QED) is 0.862. The van der Waals surface area contributed by atoms with Crippen molar-refractivity contribution in [1.29, 1.82) is 0 Å². The number of benzene rings is 1. The highest BCUT2D eigenvalue weighted by Crippen LogP contribution is 2.30. The maximum atomic E-state index is 13.9. The average Bonchev–Trinajstić information content (AvgIpc) is 2.48. The van der Waals surface area contributed by atoms with Crippen LogP contribution >= 0.6 is 0 Å². The topological polar surface area (TPSA) is 55.0 Å². The number of aromatic nitrogens is 2. The molecule has 3 rings (SSSR count). The second kappa shape index (κ2) is 5.77. The summed E-state index contributed by atoms with van der Waals surface area (Å²) in [4.78, 5) is 10.0. The summed E-state index contributed by atoms with van der Waals surface area (Å²) >= 11 is 0. The van der Waals surface area contributed by atoms with Crippen molar-refractivity contribution in [2.24, 2.45) is 0 Å². The molecule has 0 unspecified atom stereocenters. The molecule has 0 saturated carbocycles. The van der Waals surface area contributed by atoms with Gasteiger partial charge < -0.3 is 5.73 Å². The van der Waals surface area contributed by atoms with Crippen molar-refractivity contribution in [3.05, 3.63) is 52.6 Å². The van der Waals surface area contributed by atoms with Gasteiger partial charge >= 0.3 is 6.18 Å². The molecule has 122 valence electrons. The van der Waals surface area contributed by atoms with E-state index in [2.05, 4.69) is 9.97 Å². The molecule has 1 aliphatic rings. The maximum Gasteiger partial charge on any atom is 0.416 e. The Kier molecular flexibility index (Phi) is 3.93. The van der Waals surface area contributed by atoms with E-state index < -0.39 is 17.6 Å². The number of hydrogen-bond donors (Lipinski definition) is 1. The summed E-state index contributed by atoms with van der Waals surface area (Å²) in [5, 5.41) is 0. The highest BCUT2D eigenvalue weighted by molar-refractivity contribution is 5.29. The average molecular weight is 326 g/mol. The molecule has 0 aliphatic carbocycles. The van der Waals surface area contributed by atoms with E-state index in [-0.39, 0.29) is 18.1 Å². The monoisotopic (exact) mass is 326 g/mol. The Labute approximate surface area is 130 Å². The van der Waals surface area contributed by atoms with Crippen LogP contribution in [0.5, 0.6) is 0 Å². The number of nitrogens with zero attached hydrogens (tertiary/aromatic N) is 3. The zero-order valence-corrected chi connectivity index (χ0v) is 12.1. The van der Waals surface area contributed by atoms with Crippen LogP contribution in [0.25, 0.3) is 0 Å². The fourth-order valence-corrected chi connectivity index (χ4v) is 2.62. The first-order valence-corrected chi connectivity index (χ1v) is 7.01. The van der Waals surface area contributed by atoms with Gasteiger partial charge in [-0.05, 0) is 12.1 Å². The van der Waals surface area contributed by atoms with Crippen LogP contribution in [0.2, 0.25) is 0 Å². The molecule has 1 aromatic carbocycles. The van der Waals surface area contributed by atoms with E-state index in [0.29, 0.717) is 25.6 Å². The third-order valence-electron chi connectivity index (χ3n) is 3.81. The fourth-order valence-electron chi connectivity index (χ4n) is 2.62. The Bertz CT molecular complexity index is 730. The van der Waals surface area contributed by atoms with Crippen LogP contribution in [-0.2, 0) is 25.7 Å². The van der Waals surface area contributed by atoms with Gasteiger partial charge in [0.15, 0.2) is 0 Å². The van der Waals surface area contributed by atoms with Gasteiger partial charge in [0.2, 0.25) is 5.95 Å². The predicted octanol–water partition coefficient (Wildman–Crippen LogP) is 2.78. The lowest BCUT2D eigenvalue weighted by Crippen LogP contribution is -2.31. The summed E-state index contributed by atoms with van der Waals surface area (Å²) in [6.45, 7) is 1.37. The Hall–Kier alpha value is -2.22. The van der Waals surface area contributed by atoms with Gasteiger partial charge in [-0.25, -0.2) is 14.4 Å². The first-order valence-electron chi connectivity index (χ1n) is 7.01. The van der Waals surface area contributed by atoms with Crippen LogP contribution in [0.1, 0.15) is 22.4 Å². The van der Waals surface area contributed by atoms with Gasteiger partial charge in [0.05, 0.1) is 11.3 Å². The van der Waals surface area contributed by atoms with Gasteiger partial charge in [0, 0.05) is 43.4 Å². The smallest absolute Gasteiger partial charge is 0.368 e. The van der Waals surface area contributed by atoms with Crippen molar-refractivity contribution in [1.82, 2.24) is 14.9 Å². The van der Waals surface area contributed by atoms with Crippen LogP contribution in [0, 0.1) is 5.82 Å². The molecule has 0 radical (unpaired) electrons. The molecule has 0 atom stereocenters. The number of rotatable bonds is 2. The van der Waals surface area contributed by atoms with E-state index in [1.54, 1.807) is 6.20 Å². The molecule has 0 saturated heterocycles. The molecular formula is C15H14F4N4. The SMILES string of the molecule is Nc1ncc2c(n1)CCN(Cc1ccc(C(F)(F)F)cc1F)C2. The Morgan fingerprint density at radius 3 is 2.74 bits per heavy atom. The van der Waals surface area contributed by atoms with Crippen molar-refractivity contribution in [2.75, 3.05) is 12.3 Å². The summed E-state index contributed by atoms with van der Waals surface area (Å²) in [5.74, 6) is -0.634. The fraction of sp³-hybridized carbons (Fsp3) is 0.333. The van der Waals surface area contributed by atoms with Crippen molar-refractivity contribution in [3.8, 4) is 0 Å². The van der Waals surface area contributed by atoms with Gasteiger partial charge in [0.25, 0.3) is 0 Å². The molecule has 1 aromatic heterocycles. The molecule has 0 fully saturated rings. The minimum absolute atomic E-state index is 0.214. The normalized spacial score (nSPS) is 15.5. The third-order valence-corrected chi connectivity index (χ3v) is 3.81. The molecule has 0 amide bonds. The standard InChI is InChI=1S/C15H14F4N4/c16-12-5-11(15(17,18)19)2-1-9(12)7-23-4-3-13-10(8-23)6-21-14(20)22-13/h1-2,5-6H,3-4,7-8H2,(H2,20,21,22). The molecule has 8 heteroatoms. The molecule has 0 bridgehead atoms. The summed E-state index contributed by atoms with van der Waals surface area (Å²) in [5.41, 5.74) is 6.55. The van der Waals surface area contributed by atoms with Crippen molar-refractivity contribution in [2.45, 2.75) is 25.7 Å². The van der Waals surface area contributed by atoms with Gasteiger partial charge in [-0.15, -0.1) is 0 Å². The van der Waals surface area contributed by atoms with Crippen LogP contribution in [0.3, 0.4) is 0 Å². The number of nitrogen functional groups attached to an aromatic ring is 1. The number of fused-ring (bicyclic) bond motifs is 1. The predicted molar refractivity (Wildman–Crippen MR) is 75.7 cm³/mol. The molecule has 1 aliphatic heterocycles. The molecule has 2 N–H and O–H groups in total. The molecule has 2 heterocycles. The zero-order chi connectivity index (χ0) is 16.6.